The Morgan fingerprint density at radius 3 is 2.47 bits per heavy atom. The first kappa shape index (κ1) is 16.0. The van der Waals surface area contributed by atoms with Gasteiger partial charge in [0, 0.05) is 5.02 Å². The standard InChI is InChI=1S/C13H17ClO4S/c1-9(2)19(17,18)7-6-12(13(15)16)10-4-3-5-11(14)8-10/h3-5,8-9,12H,6-7H2,1-2H3,(H,15,16). The number of hydrogen-bond donors (Lipinski definition) is 1. The Morgan fingerprint density at radius 2 is 2.00 bits per heavy atom. The van der Waals surface area contributed by atoms with Crippen LogP contribution in [0.2, 0.25) is 5.02 Å². The number of hydrogen-bond acceptors (Lipinski definition) is 3. The van der Waals surface area contributed by atoms with Crippen molar-refractivity contribution < 1.29 is 18.3 Å². The summed E-state index contributed by atoms with van der Waals surface area (Å²) in [7, 11) is -3.24. The molecule has 1 atom stereocenters. The molecule has 106 valence electrons. The normalized spacial score (nSPS) is 13.5. The van der Waals surface area contributed by atoms with Gasteiger partial charge in [-0.1, -0.05) is 23.7 Å². The number of sulfone groups is 1. The van der Waals surface area contributed by atoms with Crippen LogP contribution in [0.15, 0.2) is 24.3 Å². The summed E-state index contributed by atoms with van der Waals surface area (Å²) in [5.74, 6) is -2.04. The van der Waals surface area contributed by atoms with Crippen LogP contribution in [0.5, 0.6) is 0 Å². The lowest BCUT2D eigenvalue weighted by molar-refractivity contribution is -0.138. The smallest absolute Gasteiger partial charge is 0.311 e. The molecule has 0 aliphatic rings. The molecule has 4 nitrogen and oxygen atoms in total. The summed E-state index contributed by atoms with van der Waals surface area (Å²) in [5, 5.41) is 9.16. The highest BCUT2D eigenvalue weighted by Crippen LogP contribution is 2.24. The molecule has 1 aromatic carbocycles. The van der Waals surface area contributed by atoms with Gasteiger partial charge in [-0.25, -0.2) is 8.42 Å². The maximum absolute atomic E-state index is 11.7. The van der Waals surface area contributed by atoms with Crippen LogP contribution < -0.4 is 0 Å². The Bertz CT molecular complexity index is 552. The number of halogens is 1. The monoisotopic (exact) mass is 304 g/mol. The lowest BCUT2D eigenvalue weighted by Crippen LogP contribution is -2.22. The number of rotatable bonds is 6. The van der Waals surface area contributed by atoms with E-state index < -0.39 is 27.0 Å². The van der Waals surface area contributed by atoms with E-state index >= 15 is 0 Å². The lowest BCUT2D eigenvalue weighted by Gasteiger charge is -2.14. The van der Waals surface area contributed by atoms with Crippen LogP contribution in [0, 0.1) is 0 Å². The van der Waals surface area contributed by atoms with Crippen molar-refractivity contribution in [3.8, 4) is 0 Å². The topological polar surface area (TPSA) is 71.4 Å². The van der Waals surface area contributed by atoms with E-state index in [9.17, 15) is 18.3 Å². The van der Waals surface area contributed by atoms with Gasteiger partial charge in [-0.2, -0.15) is 0 Å². The summed E-state index contributed by atoms with van der Waals surface area (Å²) >= 11 is 5.82. The highest BCUT2D eigenvalue weighted by atomic mass is 35.5. The average molecular weight is 305 g/mol. The summed E-state index contributed by atoms with van der Waals surface area (Å²) in [5.41, 5.74) is 0.527. The average Bonchev–Trinajstić information content (AvgIpc) is 2.28. The molecular formula is C13H17ClO4S. The van der Waals surface area contributed by atoms with Gasteiger partial charge in [0.15, 0.2) is 9.84 Å². The molecule has 0 spiro atoms. The van der Waals surface area contributed by atoms with E-state index in [4.69, 9.17) is 11.6 Å². The molecule has 6 heteroatoms. The van der Waals surface area contributed by atoms with Crippen molar-refractivity contribution in [2.24, 2.45) is 0 Å². The maximum Gasteiger partial charge on any atom is 0.311 e. The molecule has 0 aromatic heterocycles. The lowest BCUT2D eigenvalue weighted by atomic mass is 9.97. The van der Waals surface area contributed by atoms with Crippen LogP contribution in [-0.4, -0.2) is 30.5 Å². The fourth-order valence-electron chi connectivity index (χ4n) is 1.67. The minimum absolute atomic E-state index is 0.0518. The Kier molecular flexibility index (Phi) is 5.38. The van der Waals surface area contributed by atoms with E-state index in [0.717, 1.165) is 0 Å². The van der Waals surface area contributed by atoms with Crippen molar-refractivity contribution in [2.75, 3.05) is 5.75 Å². The minimum Gasteiger partial charge on any atom is -0.481 e. The molecule has 1 aromatic rings. The largest absolute Gasteiger partial charge is 0.481 e. The molecule has 19 heavy (non-hydrogen) atoms. The molecule has 0 bridgehead atoms. The Hall–Kier alpha value is -1.07. The summed E-state index contributed by atoms with van der Waals surface area (Å²) in [4.78, 5) is 11.3. The van der Waals surface area contributed by atoms with Crippen molar-refractivity contribution in [1.82, 2.24) is 0 Å². The van der Waals surface area contributed by atoms with Crippen LogP contribution in [-0.2, 0) is 14.6 Å². The maximum atomic E-state index is 11.7. The third-order valence-electron chi connectivity index (χ3n) is 2.96. The molecule has 0 fully saturated rings. The third-order valence-corrected chi connectivity index (χ3v) is 5.43. The minimum atomic E-state index is -3.24. The first-order chi connectivity index (χ1) is 8.74. The van der Waals surface area contributed by atoms with E-state index in [1.807, 2.05) is 0 Å². The molecule has 1 rings (SSSR count). The molecule has 0 amide bonds. The van der Waals surface area contributed by atoms with Crippen molar-refractivity contribution in [3.05, 3.63) is 34.9 Å². The zero-order valence-corrected chi connectivity index (χ0v) is 12.4. The molecule has 0 aliphatic heterocycles. The van der Waals surface area contributed by atoms with Gasteiger partial charge in [-0.15, -0.1) is 0 Å². The molecule has 0 heterocycles. The zero-order valence-electron chi connectivity index (χ0n) is 10.8. The van der Waals surface area contributed by atoms with Gasteiger partial charge >= 0.3 is 5.97 Å². The molecule has 0 saturated heterocycles. The second-order valence-electron chi connectivity index (χ2n) is 4.65. The number of aliphatic carboxylic acids is 1. The number of carbonyl (C=O) groups is 1. The fourth-order valence-corrected chi connectivity index (χ4v) is 2.91. The first-order valence-electron chi connectivity index (χ1n) is 5.94. The Morgan fingerprint density at radius 1 is 1.37 bits per heavy atom. The SMILES string of the molecule is CC(C)S(=O)(=O)CCC(C(=O)O)c1cccc(Cl)c1. The molecular weight excluding hydrogens is 288 g/mol. The van der Waals surface area contributed by atoms with Crippen molar-refractivity contribution in [1.29, 1.82) is 0 Å². The van der Waals surface area contributed by atoms with Gasteiger partial charge in [-0.3, -0.25) is 4.79 Å². The number of benzene rings is 1. The predicted molar refractivity (Wildman–Crippen MR) is 75.4 cm³/mol. The fraction of sp³-hybridized carbons (Fsp3) is 0.462. The molecule has 0 saturated carbocycles. The number of carboxylic acid groups (broad SMARTS) is 1. The van der Waals surface area contributed by atoms with E-state index in [1.165, 1.54) is 0 Å². The first-order valence-corrected chi connectivity index (χ1v) is 8.03. The van der Waals surface area contributed by atoms with Crippen LogP contribution in [0.4, 0.5) is 0 Å². The molecule has 1 N–H and O–H groups in total. The van der Waals surface area contributed by atoms with Gasteiger partial charge in [-0.05, 0) is 38.0 Å². The van der Waals surface area contributed by atoms with Gasteiger partial charge in [0.25, 0.3) is 0 Å². The highest BCUT2D eigenvalue weighted by Gasteiger charge is 2.24. The van der Waals surface area contributed by atoms with Crippen LogP contribution in [0.1, 0.15) is 31.7 Å². The second kappa shape index (κ2) is 6.39. The summed E-state index contributed by atoms with van der Waals surface area (Å²) in [6.07, 6.45) is 0.0518. The van der Waals surface area contributed by atoms with Gasteiger partial charge in [0.05, 0.1) is 16.9 Å². The second-order valence-corrected chi connectivity index (χ2v) is 7.76. The molecule has 1 unspecified atom stereocenters. The summed E-state index contributed by atoms with van der Waals surface area (Å²) in [6.45, 7) is 3.18. The van der Waals surface area contributed by atoms with E-state index in [2.05, 4.69) is 0 Å². The quantitative estimate of drug-likeness (QED) is 0.877. The zero-order chi connectivity index (χ0) is 14.6. The van der Waals surface area contributed by atoms with Crippen LogP contribution in [0.25, 0.3) is 0 Å². The van der Waals surface area contributed by atoms with Crippen LogP contribution >= 0.6 is 11.6 Å². The van der Waals surface area contributed by atoms with Crippen molar-refractivity contribution in [2.45, 2.75) is 31.4 Å². The van der Waals surface area contributed by atoms with Crippen molar-refractivity contribution in [3.63, 3.8) is 0 Å². The van der Waals surface area contributed by atoms with Gasteiger partial charge in [0.1, 0.15) is 0 Å². The Balaban J connectivity index is 2.90. The number of carboxylic acids is 1. The van der Waals surface area contributed by atoms with E-state index in [0.29, 0.717) is 10.6 Å². The van der Waals surface area contributed by atoms with E-state index in [-0.39, 0.29) is 12.2 Å². The third kappa shape index (κ3) is 4.51. The summed E-state index contributed by atoms with van der Waals surface area (Å²) < 4.78 is 23.5. The van der Waals surface area contributed by atoms with Crippen LogP contribution in [0.3, 0.4) is 0 Å². The van der Waals surface area contributed by atoms with Gasteiger partial charge < -0.3 is 5.11 Å². The highest BCUT2D eigenvalue weighted by molar-refractivity contribution is 7.91. The molecule has 0 radical (unpaired) electrons. The molecule has 0 aliphatic carbocycles. The Labute approximate surface area is 118 Å². The van der Waals surface area contributed by atoms with Gasteiger partial charge in [0.2, 0.25) is 0 Å². The predicted octanol–water partition coefficient (Wildman–Crippen LogP) is 2.72. The van der Waals surface area contributed by atoms with E-state index in [1.54, 1.807) is 38.1 Å². The van der Waals surface area contributed by atoms with Crippen molar-refractivity contribution >= 4 is 27.4 Å². The summed E-state index contributed by atoms with van der Waals surface area (Å²) in [6, 6.07) is 6.51.